The molecule has 0 aliphatic heterocycles. The van der Waals surface area contributed by atoms with Gasteiger partial charge in [0.05, 0.1) is 0 Å². The van der Waals surface area contributed by atoms with Crippen LogP contribution in [-0.2, 0) is 0 Å². The van der Waals surface area contributed by atoms with Crippen LogP contribution in [0.5, 0.6) is 0 Å². The summed E-state index contributed by atoms with van der Waals surface area (Å²) in [6, 6.07) is 15.8. The van der Waals surface area contributed by atoms with Gasteiger partial charge in [0.25, 0.3) is 11.8 Å². The van der Waals surface area contributed by atoms with Gasteiger partial charge in [-0.2, -0.15) is 0 Å². The molecular weight excluding hydrogens is 264 g/mol. The molecule has 0 radical (unpaired) electrons. The molecule has 0 aliphatic carbocycles. The first-order valence-electron chi connectivity index (χ1n) is 6.89. The number of hydrogen-bond acceptors (Lipinski definition) is 2. The van der Waals surface area contributed by atoms with Gasteiger partial charge in [-0.25, -0.2) is 0 Å². The molecule has 0 unspecified atom stereocenters. The van der Waals surface area contributed by atoms with E-state index in [1.807, 2.05) is 39.0 Å². The Balaban J connectivity index is 0.00000106. The second-order valence-electron chi connectivity index (χ2n) is 4.14. The Morgan fingerprint density at radius 3 is 1.62 bits per heavy atom. The van der Waals surface area contributed by atoms with Crippen LogP contribution in [0.25, 0.3) is 0 Å². The second-order valence-corrected chi connectivity index (χ2v) is 4.14. The molecule has 0 fully saturated rings. The standard InChI is InChI=1S/C15H14N2O2.C2H6/c1-11-7-9-13(10-8-11)15(19)17-16-14(18)12-5-3-2-4-6-12;1-2/h2-10H,1H3,(H,16,18)(H,17,19);1-2H3. The van der Waals surface area contributed by atoms with Crippen molar-refractivity contribution >= 4 is 11.8 Å². The summed E-state index contributed by atoms with van der Waals surface area (Å²) >= 11 is 0. The molecule has 4 heteroatoms. The topological polar surface area (TPSA) is 58.2 Å². The molecule has 110 valence electrons. The van der Waals surface area contributed by atoms with Gasteiger partial charge in [0.1, 0.15) is 0 Å². The number of rotatable bonds is 2. The normalized spacial score (nSPS) is 9.10. The highest BCUT2D eigenvalue weighted by molar-refractivity contribution is 5.99. The summed E-state index contributed by atoms with van der Waals surface area (Å²) in [5.74, 6) is -0.689. The van der Waals surface area contributed by atoms with Gasteiger partial charge in [0.2, 0.25) is 0 Å². The third-order valence-electron chi connectivity index (χ3n) is 2.64. The predicted molar refractivity (Wildman–Crippen MR) is 83.9 cm³/mol. The fraction of sp³-hybridized carbons (Fsp3) is 0.176. The van der Waals surface area contributed by atoms with Crippen LogP contribution in [0.3, 0.4) is 0 Å². The monoisotopic (exact) mass is 284 g/mol. The Morgan fingerprint density at radius 2 is 1.14 bits per heavy atom. The maximum absolute atomic E-state index is 11.8. The summed E-state index contributed by atoms with van der Waals surface area (Å²) in [5.41, 5.74) is 6.82. The van der Waals surface area contributed by atoms with Crippen LogP contribution in [0.15, 0.2) is 54.6 Å². The van der Waals surface area contributed by atoms with Gasteiger partial charge in [-0.05, 0) is 31.2 Å². The van der Waals surface area contributed by atoms with E-state index < -0.39 is 0 Å². The molecule has 0 saturated carbocycles. The summed E-state index contributed by atoms with van der Waals surface area (Å²) in [4.78, 5) is 23.5. The van der Waals surface area contributed by atoms with Crippen molar-refractivity contribution in [3.8, 4) is 0 Å². The zero-order valence-electron chi connectivity index (χ0n) is 12.5. The average Bonchev–Trinajstić information content (AvgIpc) is 2.55. The Hall–Kier alpha value is -2.62. The lowest BCUT2D eigenvalue weighted by molar-refractivity contribution is 0.0846. The molecule has 0 aliphatic rings. The largest absolute Gasteiger partial charge is 0.269 e. The van der Waals surface area contributed by atoms with E-state index in [0.29, 0.717) is 11.1 Å². The molecule has 0 spiro atoms. The number of carbonyl (C=O) groups is 2. The molecule has 2 N–H and O–H groups in total. The van der Waals surface area contributed by atoms with E-state index >= 15 is 0 Å². The molecule has 21 heavy (non-hydrogen) atoms. The van der Waals surface area contributed by atoms with E-state index in [1.165, 1.54) is 0 Å². The van der Waals surface area contributed by atoms with Gasteiger partial charge < -0.3 is 0 Å². The highest BCUT2D eigenvalue weighted by atomic mass is 16.2. The lowest BCUT2D eigenvalue weighted by Gasteiger charge is -2.07. The van der Waals surface area contributed by atoms with Crippen molar-refractivity contribution in [2.45, 2.75) is 20.8 Å². The number of carbonyl (C=O) groups excluding carboxylic acids is 2. The van der Waals surface area contributed by atoms with Gasteiger partial charge in [-0.1, -0.05) is 49.7 Å². The van der Waals surface area contributed by atoms with E-state index in [1.54, 1.807) is 36.4 Å². The number of nitrogens with one attached hydrogen (secondary N) is 2. The number of hydrazine groups is 1. The minimum Gasteiger partial charge on any atom is -0.267 e. The number of aryl methyl sites for hydroxylation is 1. The molecule has 2 rings (SSSR count). The molecule has 4 nitrogen and oxygen atoms in total. The van der Waals surface area contributed by atoms with Crippen molar-refractivity contribution in [3.63, 3.8) is 0 Å². The smallest absolute Gasteiger partial charge is 0.267 e. The summed E-state index contributed by atoms with van der Waals surface area (Å²) in [6.07, 6.45) is 0. The third-order valence-corrected chi connectivity index (χ3v) is 2.64. The van der Waals surface area contributed by atoms with Crippen LogP contribution in [0.4, 0.5) is 0 Å². The number of amides is 2. The van der Waals surface area contributed by atoms with Crippen LogP contribution in [-0.4, -0.2) is 11.8 Å². The van der Waals surface area contributed by atoms with Crippen molar-refractivity contribution in [1.29, 1.82) is 0 Å². The van der Waals surface area contributed by atoms with Gasteiger partial charge >= 0.3 is 0 Å². The van der Waals surface area contributed by atoms with Crippen molar-refractivity contribution < 1.29 is 9.59 Å². The van der Waals surface area contributed by atoms with E-state index in [4.69, 9.17) is 0 Å². The van der Waals surface area contributed by atoms with E-state index in [9.17, 15) is 9.59 Å². The molecule has 0 atom stereocenters. The maximum Gasteiger partial charge on any atom is 0.269 e. The summed E-state index contributed by atoms with van der Waals surface area (Å²) in [5, 5.41) is 0. The second kappa shape index (κ2) is 8.53. The molecule has 0 heterocycles. The molecule has 0 aromatic heterocycles. The minimum atomic E-state index is -0.346. The SMILES string of the molecule is CC.Cc1ccc(C(=O)NNC(=O)c2ccccc2)cc1. The maximum atomic E-state index is 11.8. The Bertz CT molecular complexity index is 577. The van der Waals surface area contributed by atoms with Crippen molar-refractivity contribution in [2.75, 3.05) is 0 Å². The molecule has 2 aromatic rings. The first kappa shape index (κ1) is 16.4. The Kier molecular flexibility index (Phi) is 6.68. The summed E-state index contributed by atoms with van der Waals surface area (Å²) in [7, 11) is 0. The zero-order valence-corrected chi connectivity index (χ0v) is 12.5. The van der Waals surface area contributed by atoms with Gasteiger partial charge in [-0.15, -0.1) is 0 Å². The van der Waals surface area contributed by atoms with Gasteiger partial charge in [0, 0.05) is 11.1 Å². The number of benzene rings is 2. The van der Waals surface area contributed by atoms with Crippen LogP contribution < -0.4 is 10.9 Å². The fourth-order valence-corrected chi connectivity index (χ4v) is 1.55. The Labute approximate surface area is 125 Å². The van der Waals surface area contributed by atoms with Crippen LogP contribution in [0, 0.1) is 6.92 Å². The number of hydrogen-bond donors (Lipinski definition) is 2. The van der Waals surface area contributed by atoms with E-state index in [-0.39, 0.29) is 11.8 Å². The van der Waals surface area contributed by atoms with Gasteiger partial charge in [0.15, 0.2) is 0 Å². The van der Waals surface area contributed by atoms with E-state index in [0.717, 1.165) is 5.56 Å². The molecular formula is C17H20N2O2. The fourth-order valence-electron chi connectivity index (χ4n) is 1.55. The zero-order chi connectivity index (χ0) is 15.7. The molecule has 2 aromatic carbocycles. The van der Waals surface area contributed by atoms with Crippen molar-refractivity contribution in [1.82, 2.24) is 10.9 Å². The lowest BCUT2D eigenvalue weighted by atomic mass is 10.1. The quantitative estimate of drug-likeness (QED) is 0.833. The van der Waals surface area contributed by atoms with E-state index in [2.05, 4.69) is 10.9 Å². The molecule has 0 bridgehead atoms. The lowest BCUT2D eigenvalue weighted by Crippen LogP contribution is -2.41. The average molecular weight is 284 g/mol. The first-order valence-corrected chi connectivity index (χ1v) is 6.89. The first-order chi connectivity index (χ1) is 10.2. The van der Waals surface area contributed by atoms with Gasteiger partial charge in [-0.3, -0.25) is 20.4 Å². The molecule has 0 saturated heterocycles. The highest BCUT2D eigenvalue weighted by Gasteiger charge is 2.08. The summed E-state index contributed by atoms with van der Waals surface area (Å²) in [6.45, 7) is 5.94. The van der Waals surface area contributed by atoms with Crippen molar-refractivity contribution in [2.24, 2.45) is 0 Å². The minimum absolute atomic E-state index is 0.343. The summed E-state index contributed by atoms with van der Waals surface area (Å²) < 4.78 is 0. The van der Waals surface area contributed by atoms with Crippen LogP contribution in [0.2, 0.25) is 0 Å². The van der Waals surface area contributed by atoms with Crippen LogP contribution in [0.1, 0.15) is 40.1 Å². The van der Waals surface area contributed by atoms with Crippen LogP contribution >= 0.6 is 0 Å². The van der Waals surface area contributed by atoms with Crippen molar-refractivity contribution in [3.05, 3.63) is 71.3 Å². The predicted octanol–water partition coefficient (Wildman–Crippen LogP) is 3.10. The Morgan fingerprint density at radius 1 is 0.714 bits per heavy atom. The highest BCUT2D eigenvalue weighted by Crippen LogP contribution is 2.02. The molecule has 2 amide bonds. The third kappa shape index (κ3) is 5.10.